The highest BCUT2D eigenvalue weighted by molar-refractivity contribution is 7.80. The Hall–Kier alpha value is -2.31. The van der Waals surface area contributed by atoms with Crippen LogP contribution in [0.4, 0.5) is 5.69 Å². The first kappa shape index (κ1) is 24.3. The van der Waals surface area contributed by atoms with Crippen molar-refractivity contribution < 1.29 is 9.59 Å². The van der Waals surface area contributed by atoms with Gasteiger partial charge in [-0.05, 0) is 36.3 Å². The summed E-state index contributed by atoms with van der Waals surface area (Å²) in [6, 6.07) is 20.5. The van der Waals surface area contributed by atoms with E-state index >= 15 is 0 Å². The fraction of sp³-hybridized carbons (Fsp3) is 0.462. The quantitative estimate of drug-likeness (QED) is 0.538. The van der Waals surface area contributed by atoms with Gasteiger partial charge in [0.05, 0.1) is 0 Å². The van der Waals surface area contributed by atoms with Crippen LogP contribution in [-0.4, -0.2) is 54.7 Å². The van der Waals surface area contributed by atoms with Crippen LogP contribution in [0, 0.1) is 5.92 Å². The molecule has 5 nitrogen and oxygen atoms in total. The summed E-state index contributed by atoms with van der Waals surface area (Å²) < 4.78 is 0. The maximum absolute atomic E-state index is 13.0. The summed E-state index contributed by atoms with van der Waals surface area (Å²) in [5.41, 5.74) is 2.27. The van der Waals surface area contributed by atoms with Gasteiger partial charge in [0.1, 0.15) is 0 Å². The Kier molecular flexibility index (Phi) is 9.62. The van der Waals surface area contributed by atoms with E-state index in [4.69, 9.17) is 0 Å². The fourth-order valence-electron chi connectivity index (χ4n) is 4.48. The Bertz CT molecular complexity index is 847. The van der Waals surface area contributed by atoms with Gasteiger partial charge in [-0.15, -0.1) is 0 Å². The lowest BCUT2D eigenvalue weighted by atomic mass is 9.89. The number of likely N-dealkylation sites (tertiary alicyclic amines) is 1. The van der Waals surface area contributed by atoms with Crippen LogP contribution in [0.15, 0.2) is 60.7 Å². The van der Waals surface area contributed by atoms with Gasteiger partial charge in [-0.25, -0.2) is 0 Å². The first-order valence-electron chi connectivity index (χ1n) is 11.6. The molecule has 3 rings (SSSR count). The molecular formula is C26H35N3O2S. The largest absolute Gasteiger partial charge is 0.356 e. The summed E-state index contributed by atoms with van der Waals surface area (Å²) in [7, 11) is 0. The molecule has 2 amide bonds. The van der Waals surface area contributed by atoms with Gasteiger partial charge in [0.15, 0.2) is 0 Å². The van der Waals surface area contributed by atoms with Crippen molar-refractivity contribution in [2.24, 2.45) is 5.92 Å². The number of rotatable bonds is 10. The Balaban J connectivity index is 1.75. The molecule has 1 fully saturated rings. The normalized spacial score (nSPS) is 18.8. The van der Waals surface area contributed by atoms with E-state index in [-0.39, 0.29) is 23.8 Å². The van der Waals surface area contributed by atoms with Gasteiger partial charge in [-0.3, -0.25) is 9.59 Å². The summed E-state index contributed by atoms with van der Waals surface area (Å²) in [6.45, 7) is 5.26. The molecule has 2 atom stereocenters. The SMILES string of the molecule is CCC(=O)N(c1ccccc1)[C@@H]1CCN(CCc2ccccc2)C[C@H]1CNC(=O)CCS. The molecule has 32 heavy (non-hydrogen) atoms. The van der Waals surface area contributed by atoms with Crippen LogP contribution in [0.25, 0.3) is 0 Å². The molecule has 1 saturated heterocycles. The zero-order chi connectivity index (χ0) is 22.8. The number of thiol groups is 1. The first-order chi connectivity index (χ1) is 15.6. The minimum atomic E-state index is 0.0215. The topological polar surface area (TPSA) is 52.7 Å². The molecule has 0 aromatic heterocycles. The number of amides is 2. The second-order valence-corrected chi connectivity index (χ2v) is 8.83. The van der Waals surface area contributed by atoms with Gasteiger partial charge in [0.25, 0.3) is 0 Å². The van der Waals surface area contributed by atoms with Crippen LogP contribution in [-0.2, 0) is 16.0 Å². The highest BCUT2D eigenvalue weighted by Crippen LogP contribution is 2.28. The molecule has 1 aliphatic heterocycles. The number of hydrogen-bond acceptors (Lipinski definition) is 4. The number of hydrogen-bond donors (Lipinski definition) is 2. The zero-order valence-corrected chi connectivity index (χ0v) is 19.8. The van der Waals surface area contributed by atoms with Gasteiger partial charge in [0.2, 0.25) is 11.8 Å². The second kappa shape index (κ2) is 12.7. The van der Waals surface area contributed by atoms with Gasteiger partial charge in [0, 0.05) is 56.7 Å². The van der Waals surface area contributed by atoms with Gasteiger partial charge < -0.3 is 15.1 Å². The molecule has 0 bridgehead atoms. The van der Waals surface area contributed by atoms with Crippen molar-refractivity contribution in [3.63, 3.8) is 0 Å². The Morgan fingerprint density at radius 2 is 1.78 bits per heavy atom. The van der Waals surface area contributed by atoms with E-state index in [0.29, 0.717) is 25.1 Å². The third kappa shape index (κ3) is 6.84. The van der Waals surface area contributed by atoms with Gasteiger partial charge in [-0.2, -0.15) is 12.6 Å². The Morgan fingerprint density at radius 3 is 2.44 bits per heavy atom. The molecule has 0 unspecified atom stereocenters. The average molecular weight is 454 g/mol. The number of carbonyl (C=O) groups is 2. The minimum absolute atomic E-state index is 0.0215. The van der Waals surface area contributed by atoms with Crippen molar-refractivity contribution in [3.8, 4) is 0 Å². The molecule has 2 aromatic carbocycles. The lowest BCUT2D eigenvalue weighted by molar-refractivity contribution is -0.120. The summed E-state index contributed by atoms with van der Waals surface area (Å²) in [4.78, 5) is 29.6. The molecule has 1 aliphatic rings. The van der Waals surface area contributed by atoms with E-state index < -0.39 is 0 Å². The minimum Gasteiger partial charge on any atom is -0.356 e. The number of para-hydroxylation sites is 1. The molecule has 1 N–H and O–H groups in total. The fourth-order valence-corrected chi connectivity index (χ4v) is 4.69. The van der Waals surface area contributed by atoms with Crippen molar-refractivity contribution >= 4 is 30.1 Å². The van der Waals surface area contributed by atoms with Crippen LogP contribution in [0.1, 0.15) is 31.7 Å². The van der Waals surface area contributed by atoms with Crippen LogP contribution in [0.3, 0.4) is 0 Å². The molecule has 0 radical (unpaired) electrons. The average Bonchev–Trinajstić information content (AvgIpc) is 2.84. The van der Waals surface area contributed by atoms with E-state index in [1.807, 2.05) is 48.2 Å². The van der Waals surface area contributed by atoms with E-state index in [1.54, 1.807) is 0 Å². The molecule has 6 heteroatoms. The number of anilines is 1. The number of carbonyl (C=O) groups excluding carboxylic acids is 2. The predicted octanol–water partition coefficient (Wildman–Crippen LogP) is 3.80. The Morgan fingerprint density at radius 1 is 1.09 bits per heavy atom. The first-order valence-corrected chi connectivity index (χ1v) is 12.3. The third-order valence-electron chi connectivity index (χ3n) is 6.17. The molecule has 2 aromatic rings. The summed E-state index contributed by atoms with van der Waals surface area (Å²) in [6.07, 6.45) is 2.76. The van der Waals surface area contributed by atoms with Crippen LogP contribution in [0.2, 0.25) is 0 Å². The summed E-state index contributed by atoms with van der Waals surface area (Å²) >= 11 is 4.17. The maximum atomic E-state index is 13.0. The number of nitrogens with one attached hydrogen (secondary N) is 1. The van der Waals surface area contributed by atoms with Gasteiger partial charge in [-0.1, -0.05) is 55.5 Å². The monoisotopic (exact) mass is 453 g/mol. The van der Waals surface area contributed by atoms with E-state index in [1.165, 1.54) is 5.56 Å². The standard InChI is InChI=1S/C26H35N3O2S/c1-2-26(31)29(23-11-7-4-8-12-23)24-14-17-28(16-13-21-9-5-3-6-10-21)20-22(24)19-27-25(30)15-18-32/h3-12,22,24,32H,2,13-20H2,1H3,(H,27,30)/t22-,24-/m1/s1. The van der Waals surface area contributed by atoms with Crippen molar-refractivity contribution in [2.45, 2.75) is 38.6 Å². The molecular weight excluding hydrogens is 418 g/mol. The summed E-state index contributed by atoms with van der Waals surface area (Å²) in [5, 5.41) is 3.09. The molecule has 0 spiro atoms. The number of benzene rings is 2. The van der Waals surface area contributed by atoms with E-state index in [2.05, 4.69) is 47.1 Å². The Labute approximate surface area is 197 Å². The lowest BCUT2D eigenvalue weighted by Crippen LogP contribution is -2.56. The van der Waals surface area contributed by atoms with Crippen molar-refractivity contribution in [3.05, 3.63) is 66.2 Å². The maximum Gasteiger partial charge on any atom is 0.226 e. The van der Waals surface area contributed by atoms with Crippen LogP contribution in [0.5, 0.6) is 0 Å². The van der Waals surface area contributed by atoms with E-state index in [9.17, 15) is 9.59 Å². The van der Waals surface area contributed by atoms with Crippen molar-refractivity contribution in [2.75, 3.05) is 36.8 Å². The molecule has 0 aliphatic carbocycles. The second-order valence-electron chi connectivity index (χ2n) is 8.38. The molecule has 172 valence electrons. The number of piperidine rings is 1. The third-order valence-corrected chi connectivity index (χ3v) is 6.40. The van der Waals surface area contributed by atoms with Crippen LogP contribution < -0.4 is 10.2 Å². The van der Waals surface area contributed by atoms with Crippen LogP contribution >= 0.6 is 12.6 Å². The predicted molar refractivity (Wildman–Crippen MR) is 134 cm³/mol. The smallest absolute Gasteiger partial charge is 0.226 e. The van der Waals surface area contributed by atoms with Crippen molar-refractivity contribution in [1.29, 1.82) is 0 Å². The van der Waals surface area contributed by atoms with E-state index in [0.717, 1.165) is 38.2 Å². The molecule has 0 saturated carbocycles. The van der Waals surface area contributed by atoms with Crippen molar-refractivity contribution in [1.82, 2.24) is 10.2 Å². The highest BCUT2D eigenvalue weighted by Gasteiger charge is 2.36. The highest BCUT2D eigenvalue weighted by atomic mass is 32.1. The van der Waals surface area contributed by atoms with Gasteiger partial charge >= 0.3 is 0 Å². The number of nitrogens with zero attached hydrogens (tertiary/aromatic N) is 2. The zero-order valence-electron chi connectivity index (χ0n) is 19.0. The molecule has 1 heterocycles. The lowest BCUT2D eigenvalue weighted by Gasteiger charge is -2.44. The summed E-state index contributed by atoms with van der Waals surface area (Å²) in [5.74, 6) is 0.853.